The minimum atomic E-state index is -0.442. The molecule has 1 aromatic heterocycles. The van der Waals surface area contributed by atoms with Crippen LogP contribution in [0.2, 0.25) is 0 Å². The van der Waals surface area contributed by atoms with E-state index in [1.807, 2.05) is 0 Å². The molecule has 0 aliphatic carbocycles. The summed E-state index contributed by atoms with van der Waals surface area (Å²) in [4.78, 5) is 26.2. The highest BCUT2D eigenvalue weighted by Gasteiger charge is 2.21. The quantitative estimate of drug-likeness (QED) is 0.604. The van der Waals surface area contributed by atoms with Crippen LogP contribution in [0.15, 0.2) is 4.79 Å². The normalized spacial score (nSPS) is 16.5. The molecule has 0 saturated carbocycles. The molecule has 2 N–H and O–H groups in total. The van der Waals surface area contributed by atoms with Crippen LogP contribution in [0.5, 0.6) is 0 Å². The summed E-state index contributed by atoms with van der Waals surface area (Å²) in [6, 6.07) is 0. The average Bonchev–Trinajstić information content (AvgIpc) is 2.72. The van der Waals surface area contributed by atoms with E-state index in [1.165, 1.54) is 0 Å². The molecule has 1 fully saturated rings. The van der Waals surface area contributed by atoms with Gasteiger partial charge in [-0.05, 0) is 12.8 Å². The summed E-state index contributed by atoms with van der Waals surface area (Å²) in [6.45, 7) is 1.52. The van der Waals surface area contributed by atoms with Crippen LogP contribution in [-0.4, -0.2) is 39.1 Å². The number of amides is 1. The molecular weight excluding hydrogens is 172 g/mol. The maximum atomic E-state index is 11.5. The van der Waals surface area contributed by atoms with Gasteiger partial charge in [-0.1, -0.05) is 0 Å². The number of carbonyl (C=O) groups excluding carboxylic acids is 1. The molecule has 1 aliphatic rings. The van der Waals surface area contributed by atoms with Gasteiger partial charge in [0.25, 0.3) is 5.91 Å². The number of nitrogens with one attached hydrogen (secondary N) is 2. The van der Waals surface area contributed by atoms with Crippen molar-refractivity contribution in [3.8, 4) is 0 Å². The lowest BCUT2D eigenvalue weighted by molar-refractivity contribution is 0.0781. The van der Waals surface area contributed by atoms with Gasteiger partial charge in [0.15, 0.2) is 0 Å². The summed E-state index contributed by atoms with van der Waals surface area (Å²) >= 11 is 0. The Bertz CT molecular complexity index is 361. The molecule has 2 rings (SSSR count). The average molecular weight is 182 g/mol. The minimum Gasteiger partial charge on any atom is -0.336 e. The molecule has 6 nitrogen and oxygen atoms in total. The predicted molar refractivity (Wildman–Crippen MR) is 44.3 cm³/mol. The van der Waals surface area contributed by atoms with E-state index in [0.717, 1.165) is 25.9 Å². The Morgan fingerprint density at radius 3 is 2.62 bits per heavy atom. The number of carbonyl (C=O) groups is 1. The van der Waals surface area contributed by atoms with E-state index in [0.29, 0.717) is 0 Å². The smallest absolute Gasteiger partial charge is 0.336 e. The van der Waals surface area contributed by atoms with E-state index in [1.54, 1.807) is 4.90 Å². The van der Waals surface area contributed by atoms with Gasteiger partial charge in [0.05, 0.1) is 0 Å². The van der Waals surface area contributed by atoms with E-state index in [9.17, 15) is 9.59 Å². The lowest BCUT2D eigenvalue weighted by atomic mass is 10.4. The zero-order valence-electron chi connectivity index (χ0n) is 7.04. The molecule has 2 heterocycles. The topological polar surface area (TPSA) is 81.8 Å². The largest absolute Gasteiger partial charge is 0.341 e. The fraction of sp³-hybridized carbons (Fsp3) is 0.571. The first kappa shape index (κ1) is 8.03. The first-order valence-electron chi connectivity index (χ1n) is 4.21. The van der Waals surface area contributed by atoms with Gasteiger partial charge in [0.1, 0.15) is 0 Å². The second-order valence-corrected chi connectivity index (χ2v) is 3.03. The van der Waals surface area contributed by atoms with Crippen LogP contribution >= 0.6 is 0 Å². The van der Waals surface area contributed by atoms with Gasteiger partial charge in [0, 0.05) is 13.1 Å². The maximum absolute atomic E-state index is 11.5. The second kappa shape index (κ2) is 3.04. The van der Waals surface area contributed by atoms with Crippen molar-refractivity contribution < 1.29 is 4.79 Å². The van der Waals surface area contributed by atoms with Gasteiger partial charge in [-0.25, -0.2) is 9.89 Å². The lowest BCUT2D eigenvalue weighted by Gasteiger charge is -2.11. The molecule has 13 heavy (non-hydrogen) atoms. The number of hydrogen-bond donors (Lipinski definition) is 2. The monoisotopic (exact) mass is 182 g/mol. The van der Waals surface area contributed by atoms with Crippen LogP contribution in [0.3, 0.4) is 0 Å². The molecule has 0 aromatic carbocycles. The van der Waals surface area contributed by atoms with E-state index in [4.69, 9.17) is 0 Å². The number of hydrogen-bond acceptors (Lipinski definition) is 3. The Balaban J connectivity index is 2.16. The summed E-state index contributed by atoms with van der Waals surface area (Å²) in [7, 11) is 0. The van der Waals surface area contributed by atoms with Crippen molar-refractivity contribution in [2.75, 3.05) is 13.1 Å². The van der Waals surface area contributed by atoms with Gasteiger partial charge >= 0.3 is 5.69 Å². The van der Waals surface area contributed by atoms with Crippen molar-refractivity contribution in [3.63, 3.8) is 0 Å². The molecule has 1 aromatic rings. The lowest BCUT2D eigenvalue weighted by Crippen LogP contribution is -2.28. The second-order valence-electron chi connectivity index (χ2n) is 3.03. The Morgan fingerprint density at radius 1 is 1.38 bits per heavy atom. The SMILES string of the molecule is O=C(c1n[nH]c(=O)[nH]1)N1CCCC1. The maximum Gasteiger partial charge on any atom is 0.341 e. The molecule has 6 heteroatoms. The van der Waals surface area contributed by atoms with Crippen molar-refractivity contribution in [2.45, 2.75) is 12.8 Å². The highest BCUT2D eigenvalue weighted by molar-refractivity contribution is 5.90. The van der Waals surface area contributed by atoms with Gasteiger partial charge in [-0.3, -0.25) is 9.78 Å². The summed E-state index contributed by atoms with van der Waals surface area (Å²) in [5.41, 5.74) is -0.442. The zero-order valence-corrected chi connectivity index (χ0v) is 7.04. The van der Waals surface area contributed by atoms with Crippen LogP contribution in [-0.2, 0) is 0 Å². The molecule has 1 saturated heterocycles. The Kier molecular flexibility index (Phi) is 1.88. The number of aromatic amines is 2. The highest BCUT2D eigenvalue weighted by atomic mass is 16.2. The van der Waals surface area contributed by atoms with E-state index in [-0.39, 0.29) is 11.7 Å². The van der Waals surface area contributed by atoms with Crippen molar-refractivity contribution in [2.24, 2.45) is 0 Å². The molecule has 0 atom stereocenters. The van der Waals surface area contributed by atoms with Crippen molar-refractivity contribution in [1.82, 2.24) is 20.1 Å². The van der Waals surface area contributed by atoms with Crippen molar-refractivity contribution >= 4 is 5.91 Å². The molecule has 0 radical (unpaired) electrons. The van der Waals surface area contributed by atoms with E-state index in [2.05, 4.69) is 15.2 Å². The zero-order chi connectivity index (χ0) is 9.26. The molecule has 1 amide bonds. The third kappa shape index (κ3) is 1.47. The predicted octanol–water partition coefficient (Wildman–Crippen LogP) is -0.666. The Labute approximate surface area is 74.0 Å². The van der Waals surface area contributed by atoms with E-state index < -0.39 is 5.69 Å². The van der Waals surface area contributed by atoms with Gasteiger partial charge in [-0.15, -0.1) is 5.10 Å². The molecule has 0 bridgehead atoms. The third-order valence-electron chi connectivity index (χ3n) is 2.10. The van der Waals surface area contributed by atoms with Crippen LogP contribution in [0, 0.1) is 0 Å². The Hall–Kier alpha value is -1.59. The van der Waals surface area contributed by atoms with Gasteiger partial charge in [0.2, 0.25) is 5.82 Å². The van der Waals surface area contributed by atoms with Crippen molar-refractivity contribution in [1.29, 1.82) is 0 Å². The van der Waals surface area contributed by atoms with Crippen LogP contribution in [0.25, 0.3) is 0 Å². The fourth-order valence-electron chi connectivity index (χ4n) is 1.44. The first-order valence-corrected chi connectivity index (χ1v) is 4.21. The number of aromatic nitrogens is 3. The van der Waals surface area contributed by atoms with Gasteiger partial charge < -0.3 is 4.90 Å². The summed E-state index contributed by atoms with van der Waals surface area (Å²) < 4.78 is 0. The standard InChI is InChI=1S/C7H10N4O2/c12-6(11-3-1-2-4-11)5-8-7(13)10-9-5/h1-4H2,(H2,8,9,10,13). The number of likely N-dealkylation sites (tertiary alicyclic amines) is 1. The van der Waals surface area contributed by atoms with Crippen LogP contribution in [0.4, 0.5) is 0 Å². The Morgan fingerprint density at radius 2 is 2.08 bits per heavy atom. The van der Waals surface area contributed by atoms with Gasteiger partial charge in [-0.2, -0.15) is 0 Å². The first-order chi connectivity index (χ1) is 6.27. The van der Waals surface area contributed by atoms with Crippen LogP contribution in [0.1, 0.15) is 23.5 Å². The molecule has 1 aliphatic heterocycles. The molecular formula is C7H10N4O2. The minimum absolute atomic E-state index is 0.104. The summed E-state index contributed by atoms with van der Waals surface area (Å²) in [6.07, 6.45) is 2.06. The summed E-state index contributed by atoms with van der Waals surface area (Å²) in [5, 5.41) is 5.74. The van der Waals surface area contributed by atoms with Crippen LogP contribution < -0.4 is 5.69 Å². The number of nitrogens with zero attached hydrogens (tertiary/aromatic N) is 2. The third-order valence-corrected chi connectivity index (χ3v) is 2.10. The molecule has 0 unspecified atom stereocenters. The highest BCUT2D eigenvalue weighted by Crippen LogP contribution is 2.09. The molecule has 70 valence electrons. The summed E-state index contributed by atoms with van der Waals surface area (Å²) in [5.74, 6) is -0.0947. The number of H-pyrrole nitrogens is 2. The van der Waals surface area contributed by atoms with Crippen molar-refractivity contribution in [3.05, 3.63) is 16.3 Å². The van der Waals surface area contributed by atoms with E-state index >= 15 is 0 Å². The fourth-order valence-corrected chi connectivity index (χ4v) is 1.44. The molecule has 0 spiro atoms. The number of rotatable bonds is 1.